The number of ether oxygens (including phenoxy) is 2. The second kappa shape index (κ2) is 8.04. The Morgan fingerprint density at radius 3 is 2.53 bits per heavy atom. The summed E-state index contributed by atoms with van der Waals surface area (Å²) in [6, 6.07) is 19.7. The Morgan fingerprint density at radius 1 is 0.938 bits per heavy atom. The van der Waals surface area contributed by atoms with Crippen LogP contribution in [0.1, 0.15) is 17.5 Å². The summed E-state index contributed by atoms with van der Waals surface area (Å²) in [6.45, 7) is 0.330. The van der Waals surface area contributed by atoms with Gasteiger partial charge >= 0.3 is 0 Å². The van der Waals surface area contributed by atoms with Crippen molar-refractivity contribution in [1.82, 2.24) is 0 Å². The van der Waals surface area contributed by atoms with Crippen molar-refractivity contribution in [2.45, 2.75) is 12.8 Å². The Morgan fingerprint density at radius 2 is 1.72 bits per heavy atom. The Hall–Kier alpha value is -3.80. The van der Waals surface area contributed by atoms with Crippen molar-refractivity contribution in [2.24, 2.45) is 5.92 Å². The maximum atomic E-state index is 12.9. The molecule has 1 aliphatic heterocycles. The van der Waals surface area contributed by atoms with Gasteiger partial charge < -0.3 is 19.7 Å². The van der Waals surface area contributed by atoms with Crippen LogP contribution >= 0.6 is 0 Å². The molecule has 6 nitrogen and oxygen atoms in total. The zero-order chi connectivity index (χ0) is 22.2. The van der Waals surface area contributed by atoms with Crippen LogP contribution in [0, 0.1) is 5.92 Å². The normalized spacial score (nSPS) is 16.5. The minimum atomic E-state index is -0.416. The number of benzene rings is 3. The number of methoxy groups -OCH3 is 2. The van der Waals surface area contributed by atoms with Crippen LogP contribution in [-0.4, -0.2) is 32.6 Å². The van der Waals surface area contributed by atoms with E-state index in [0.717, 1.165) is 12.1 Å². The molecule has 3 aromatic carbocycles. The highest BCUT2D eigenvalue weighted by Gasteiger charge is 2.35. The van der Waals surface area contributed by atoms with Gasteiger partial charge in [0.25, 0.3) is 0 Å². The van der Waals surface area contributed by atoms with Crippen molar-refractivity contribution in [3.05, 3.63) is 71.8 Å². The van der Waals surface area contributed by atoms with Crippen LogP contribution in [0.5, 0.6) is 11.5 Å². The number of carbonyl (C=O) groups excluding carboxylic acids is 2. The van der Waals surface area contributed by atoms with Gasteiger partial charge in [-0.25, -0.2) is 0 Å². The van der Waals surface area contributed by atoms with Crippen LogP contribution in [0.25, 0.3) is 11.1 Å². The van der Waals surface area contributed by atoms with Gasteiger partial charge in [-0.2, -0.15) is 0 Å². The van der Waals surface area contributed by atoms with Gasteiger partial charge in [0.15, 0.2) is 11.5 Å². The fourth-order valence-electron chi connectivity index (χ4n) is 4.59. The number of nitrogens with zero attached hydrogens (tertiary/aromatic N) is 1. The molecule has 0 spiro atoms. The first-order valence-electron chi connectivity index (χ1n) is 10.6. The van der Waals surface area contributed by atoms with E-state index in [1.54, 1.807) is 37.3 Å². The molecule has 32 heavy (non-hydrogen) atoms. The first kappa shape index (κ1) is 20.1. The van der Waals surface area contributed by atoms with Crippen LogP contribution < -0.4 is 19.7 Å². The van der Waals surface area contributed by atoms with Crippen LogP contribution in [0.4, 0.5) is 11.4 Å². The van der Waals surface area contributed by atoms with Crippen molar-refractivity contribution < 1.29 is 19.1 Å². The van der Waals surface area contributed by atoms with Gasteiger partial charge in [-0.15, -0.1) is 0 Å². The van der Waals surface area contributed by atoms with Crippen LogP contribution in [0.2, 0.25) is 0 Å². The molecule has 1 fully saturated rings. The minimum absolute atomic E-state index is 0.0817. The molecule has 2 aliphatic rings. The summed E-state index contributed by atoms with van der Waals surface area (Å²) < 4.78 is 10.6. The molecule has 1 atom stereocenters. The quantitative estimate of drug-likeness (QED) is 0.516. The van der Waals surface area contributed by atoms with E-state index < -0.39 is 5.92 Å². The first-order chi connectivity index (χ1) is 15.6. The highest BCUT2D eigenvalue weighted by molar-refractivity contribution is 6.03. The lowest BCUT2D eigenvalue weighted by atomic mass is 10.0. The number of nitrogens with one attached hydrogen (secondary N) is 1. The molecule has 0 aromatic heterocycles. The van der Waals surface area contributed by atoms with E-state index in [1.807, 2.05) is 18.2 Å². The highest BCUT2D eigenvalue weighted by atomic mass is 16.5. The summed E-state index contributed by atoms with van der Waals surface area (Å²) in [7, 11) is 3.12. The van der Waals surface area contributed by atoms with Gasteiger partial charge in [-0.05, 0) is 52.9 Å². The van der Waals surface area contributed by atoms with Crippen LogP contribution in [-0.2, 0) is 16.0 Å². The molecule has 1 heterocycles. The smallest absolute Gasteiger partial charge is 0.229 e. The van der Waals surface area contributed by atoms with Crippen molar-refractivity contribution in [2.75, 3.05) is 31.0 Å². The van der Waals surface area contributed by atoms with E-state index in [9.17, 15) is 9.59 Å². The van der Waals surface area contributed by atoms with Crippen LogP contribution in [0.3, 0.4) is 0 Å². The lowest BCUT2D eigenvalue weighted by Crippen LogP contribution is -2.28. The average molecular weight is 428 g/mol. The van der Waals surface area contributed by atoms with Gasteiger partial charge in [-0.1, -0.05) is 30.3 Å². The molecule has 0 bridgehead atoms. The lowest BCUT2D eigenvalue weighted by molar-refractivity contribution is -0.122. The first-order valence-corrected chi connectivity index (χ1v) is 10.6. The maximum Gasteiger partial charge on any atom is 0.229 e. The van der Waals surface area contributed by atoms with E-state index in [0.29, 0.717) is 23.7 Å². The minimum Gasteiger partial charge on any atom is -0.493 e. The number of hydrogen-bond acceptors (Lipinski definition) is 4. The standard InChI is InChI=1S/C26H24N2O4/c1-31-23-10-8-20(14-24(23)32-2)28-15-18(13-25(28)29)26(30)27-19-7-9-22-17(12-19)11-16-5-3-4-6-21(16)22/h3-10,12,14,18H,11,13,15H2,1-2H3,(H,27,30). The second-order valence-corrected chi connectivity index (χ2v) is 8.14. The maximum absolute atomic E-state index is 12.9. The zero-order valence-corrected chi connectivity index (χ0v) is 18.1. The topological polar surface area (TPSA) is 67.9 Å². The summed E-state index contributed by atoms with van der Waals surface area (Å²) in [5, 5.41) is 3.01. The van der Waals surface area contributed by atoms with Gasteiger partial charge in [0, 0.05) is 30.4 Å². The molecular formula is C26H24N2O4. The molecule has 3 aromatic rings. The molecule has 6 heteroatoms. The van der Waals surface area contributed by atoms with Gasteiger partial charge in [-0.3, -0.25) is 9.59 Å². The molecule has 2 amide bonds. The highest BCUT2D eigenvalue weighted by Crippen LogP contribution is 2.38. The largest absolute Gasteiger partial charge is 0.493 e. The molecule has 1 saturated heterocycles. The van der Waals surface area contributed by atoms with E-state index in [4.69, 9.17) is 9.47 Å². The summed E-state index contributed by atoms with van der Waals surface area (Å²) in [4.78, 5) is 27.2. The van der Waals surface area contributed by atoms with E-state index in [2.05, 4.69) is 29.6 Å². The van der Waals surface area contributed by atoms with Crippen LogP contribution in [0.15, 0.2) is 60.7 Å². The van der Waals surface area contributed by atoms with Crippen molar-refractivity contribution in [1.29, 1.82) is 0 Å². The Labute approximate surface area is 186 Å². The number of anilines is 2. The molecule has 1 aliphatic carbocycles. The summed E-state index contributed by atoms with van der Waals surface area (Å²) >= 11 is 0. The fraction of sp³-hybridized carbons (Fsp3) is 0.231. The number of carbonyl (C=O) groups is 2. The zero-order valence-electron chi connectivity index (χ0n) is 18.1. The number of rotatable bonds is 5. The predicted octanol–water partition coefficient (Wildman–Crippen LogP) is 4.27. The molecule has 0 saturated carbocycles. The lowest BCUT2D eigenvalue weighted by Gasteiger charge is -2.18. The van der Waals surface area contributed by atoms with Crippen molar-refractivity contribution in [3.63, 3.8) is 0 Å². The van der Waals surface area contributed by atoms with Gasteiger partial charge in [0.2, 0.25) is 11.8 Å². The summed E-state index contributed by atoms with van der Waals surface area (Å²) in [5.74, 6) is 0.500. The molecule has 5 rings (SSSR count). The monoisotopic (exact) mass is 428 g/mol. The van der Waals surface area contributed by atoms with Crippen molar-refractivity contribution >= 4 is 23.2 Å². The molecule has 0 radical (unpaired) electrons. The summed E-state index contributed by atoms with van der Waals surface area (Å²) in [5.41, 5.74) is 6.44. The SMILES string of the molecule is COc1ccc(N2CC(C(=O)Nc3ccc4c(c3)Cc3ccccc3-4)CC2=O)cc1OC. The molecular weight excluding hydrogens is 404 g/mol. The third kappa shape index (κ3) is 3.47. The van der Waals surface area contributed by atoms with E-state index >= 15 is 0 Å². The van der Waals surface area contributed by atoms with Crippen molar-refractivity contribution in [3.8, 4) is 22.6 Å². The van der Waals surface area contributed by atoms with E-state index in [-0.39, 0.29) is 18.2 Å². The van der Waals surface area contributed by atoms with Gasteiger partial charge in [0.1, 0.15) is 0 Å². The third-order valence-corrected chi connectivity index (χ3v) is 6.24. The Balaban J connectivity index is 1.29. The predicted molar refractivity (Wildman–Crippen MR) is 123 cm³/mol. The fourth-order valence-corrected chi connectivity index (χ4v) is 4.59. The number of fused-ring (bicyclic) bond motifs is 3. The van der Waals surface area contributed by atoms with E-state index in [1.165, 1.54) is 22.3 Å². The molecule has 162 valence electrons. The summed E-state index contributed by atoms with van der Waals surface area (Å²) in [6.07, 6.45) is 1.04. The average Bonchev–Trinajstić information content (AvgIpc) is 3.38. The number of hydrogen-bond donors (Lipinski definition) is 1. The Bertz CT molecular complexity index is 1220. The van der Waals surface area contributed by atoms with Gasteiger partial charge in [0.05, 0.1) is 20.1 Å². The third-order valence-electron chi connectivity index (χ3n) is 6.24. The second-order valence-electron chi connectivity index (χ2n) is 8.14. The Kier molecular flexibility index (Phi) is 5.05. The molecule has 1 unspecified atom stereocenters. The molecule has 1 N–H and O–H groups in total. The number of amides is 2.